The fourth-order valence-electron chi connectivity index (χ4n) is 5.00. The van der Waals surface area contributed by atoms with Gasteiger partial charge in [-0.1, -0.05) is 43.0 Å². The zero-order chi connectivity index (χ0) is 27.8. The molecule has 5 aromatic heterocycles. The number of hydrogen-bond acceptors (Lipinski definition) is 7. The van der Waals surface area contributed by atoms with Crippen LogP contribution in [0.2, 0.25) is 0 Å². The quantitative estimate of drug-likeness (QED) is 0.179. The van der Waals surface area contributed by atoms with Gasteiger partial charge in [0.05, 0.1) is 28.8 Å². The van der Waals surface area contributed by atoms with E-state index in [1.54, 1.807) is 23.7 Å². The molecule has 6 aromatic rings. The molecule has 1 aromatic carbocycles. The van der Waals surface area contributed by atoms with E-state index < -0.39 is 0 Å². The summed E-state index contributed by atoms with van der Waals surface area (Å²) in [7, 11) is 0. The lowest BCUT2D eigenvalue weighted by Crippen LogP contribution is -2.02. The third-order valence-corrected chi connectivity index (χ3v) is 7.82. The highest BCUT2D eigenvalue weighted by molar-refractivity contribution is 7.11. The van der Waals surface area contributed by atoms with E-state index in [0.29, 0.717) is 17.9 Å². The van der Waals surface area contributed by atoms with E-state index in [2.05, 4.69) is 55.6 Å². The van der Waals surface area contributed by atoms with Gasteiger partial charge in [-0.2, -0.15) is 5.10 Å². The SMILES string of the molecule is C=C(Cc1ccccc1)Nc1cncc(-c2ccc3[nH]nc(-c4nc5c([nH]4)CC(N)=CC=C5c4cccs4)c3n2)c1. The number of nitrogens with zero attached hydrogens (tertiary/aromatic N) is 4. The Hall–Kier alpha value is -5.28. The largest absolute Gasteiger partial charge is 0.402 e. The zero-order valence-electron chi connectivity index (χ0n) is 22.1. The minimum absolute atomic E-state index is 0.579. The molecule has 41 heavy (non-hydrogen) atoms. The average molecular weight is 555 g/mol. The van der Waals surface area contributed by atoms with Crippen molar-refractivity contribution in [1.82, 2.24) is 30.1 Å². The van der Waals surface area contributed by atoms with E-state index >= 15 is 0 Å². The van der Waals surface area contributed by atoms with Crippen LogP contribution in [0.15, 0.2) is 109 Å². The number of H-pyrrole nitrogens is 2. The average Bonchev–Trinajstić information content (AvgIpc) is 3.73. The highest BCUT2D eigenvalue weighted by Crippen LogP contribution is 2.34. The summed E-state index contributed by atoms with van der Waals surface area (Å²) in [5, 5.41) is 13.1. The molecule has 0 spiro atoms. The summed E-state index contributed by atoms with van der Waals surface area (Å²) in [6, 6.07) is 20.3. The summed E-state index contributed by atoms with van der Waals surface area (Å²) in [4.78, 5) is 19.1. The number of aromatic nitrogens is 6. The molecule has 7 rings (SSSR count). The third kappa shape index (κ3) is 4.94. The second-order valence-electron chi connectivity index (χ2n) is 9.91. The molecule has 0 atom stereocenters. The smallest absolute Gasteiger partial charge is 0.161 e. The van der Waals surface area contributed by atoms with Gasteiger partial charge in [0.25, 0.3) is 0 Å². The number of nitrogens with one attached hydrogen (secondary N) is 3. The number of hydrogen-bond donors (Lipinski definition) is 4. The molecule has 5 heterocycles. The summed E-state index contributed by atoms with van der Waals surface area (Å²) in [5.41, 5.74) is 16.7. The Labute approximate surface area is 240 Å². The molecule has 0 aliphatic heterocycles. The minimum atomic E-state index is 0.579. The van der Waals surface area contributed by atoms with Gasteiger partial charge in [0.2, 0.25) is 0 Å². The topological polar surface area (TPSA) is 121 Å². The predicted octanol–water partition coefficient (Wildman–Crippen LogP) is 6.47. The first-order chi connectivity index (χ1) is 20.1. The van der Waals surface area contributed by atoms with Crippen molar-refractivity contribution in [3.8, 4) is 22.8 Å². The zero-order valence-corrected chi connectivity index (χ0v) is 22.9. The maximum absolute atomic E-state index is 6.27. The second-order valence-corrected chi connectivity index (χ2v) is 10.9. The Kier molecular flexibility index (Phi) is 6.25. The molecule has 0 unspecified atom stereocenters. The van der Waals surface area contributed by atoms with Crippen molar-refractivity contribution in [3.63, 3.8) is 0 Å². The summed E-state index contributed by atoms with van der Waals surface area (Å²) < 4.78 is 0. The summed E-state index contributed by atoms with van der Waals surface area (Å²) >= 11 is 1.67. The van der Waals surface area contributed by atoms with Gasteiger partial charge in [-0.3, -0.25) is 10.1 Å². The number of anilines is 1. The van der Waals surface area contributed by atoms with Gasteiger partial charge in [0.15, 0.2) is 11.5 Å². The van der Waals surface area contributed by atoms with Gasteiger partial charge in [-0.15, -0.1) is 11.3 Å². The van der Waals surface area contributed by atoms with Crippen LogP contribution in [-0.4, -0.2) is 30.1 Å². The van der Waals surface area contributed by atoms with E-state index in [-0.39, 0.29) is 0 Å². The molecule has 0 radical (unpaired) electrons. The number of imidazole rings is 1. The number of aromatic amines is 2. The van der Waals surface area contributed by atoms with Gasteiger partial charge in [-0.25, -0.2) is 9.97 Å². The highest BCUT2D eigenvalue weighted by atomic mass is 32.1. The van der Waals surface area contributed by atoms with Crippen molar-refractivity contribution in [2.45, 2.75) is 12.8 Å². The van der Waals surface area contributed by atoms with Crippen molar-refractivity contribution in [2.75, 3.05) is 5.32 Å². The Balaban J connectivity index is 1.20. The molecular formula is C32H26N8S. The molecule has 200 valence electrons. The molecule has 8 nitrogen and oxygen atoms in total. The van der Waals surface area contributed by atoms with Gasteiger partial charge in [0, 0.05) is 52.1 Å². The monoisotopic (exact) mass is 554 g/mol. The molecule has 0 saturated carbocycles. The van der Waals surface area contributed by atoms with Gasteiger partial charge in [-0.05, 0) is 47.4 Å². The van der Waals surface area contributed by atoms with Gasteiger partial charge in [0.1, 0.15) is 5.52 Å². The summed E-state index contributed by atoms with van der Waals surface area (Å²) in [5.74, 6) is 0.647. The molecular weight excluding hydrogens is 528 g/mol. The first-order valence-electron chi connectivity index (χ1n) is 13.2. The lowest BCUT2D eigenvalue weighted by molar-refractivity contribution is 1.05. The van der Waals surface area contributed by atoms with Gasteiger partial charge >= 0.3 is 0 Å². The Morgan fingerprint density at radius 3 is 2.76 bits per heavy atom. The standard InChI is InChI=1S/C32H26N8S/c1-19(14-20-6-3-2-4-7-20)35-23-15-21(17-34-18-23)25-11-12-26-30(36-25)31(40-39-26)32-37-27-16-22(33)9-10-24(29(27)38-32)28-8-5-13-41-28/h2-13,15,17-18,35H,1,14,16,33H2,(H,37,38)(H,39,40). The Morgan fingerprint density at radius 1 is 1.00 bits per heavy atom. The maximum atomic E-state index is 6.27. The molecule has 5 N–H and O–H groups in total. The van der Waals surface area contributed by atoms with E-state index in [0.717, 1.165) is 67.6 Å². The summed E-state index contributed by atoms with van der Waals surface area (Å²) in [6.07, 6.45) is 8.90. The van der Waals surface area contributed by atoms with Crippen molar-refractivity contribution >= 4 is 33.6 Å². The van der Waals surface area contributed by atoms with E-state index in [9.17, 15) is 0 Å². The van der Waals surface area contributed by atoms with Crippen LogP contribution in [0.4, 0.5) is 5.69 Å². The fraction of sp³-hybridized carbons (Fsp3) is 0.0625. The number of fused-ring (bicyclic) bond motifs is 2. The van der Waals surface area contributed by atoms with E-state index in [1.807, 2.05) is 54.6 Å². The lowest BCUT2D eigenvalue weighted by atomic mass is 10.1. The van der Waals surface area contributed by atoms with Crippen LogP contribution in [0.25, 0.3) is 39.4 Å². The lowest BCUT2D eigenvalue weighted by Gasteiger charge is -2.11. The number of rotatable bonds is 7. The first kappa shape index (κ1) is 24.7. The van der Waals surface area contributed by atoms with Crippen LogP contribution in [0.1, 0.15) is 21.8 Å². The van der Waals surface area contributed by atoms with E-state index in [1.165, 1.54) is 5.56 Å². The van der Waals surface area contributed by atoms with Crippen LogP contribution in [0, 0.1) is 0 Å². The van der Waals surface area contributed by atoms with Crippen LogP contribution in [0.3, 0.4) is 0 Å². The molecule has 9 heteroatoms. The molecule has 1 aliphatic carbocycles. The number of benzene rings is 1. The number of nitrogens with two attached hydrogens (primary N) is 1. The number of thiophene rings is 1. The predicted molar refractivity (Wildman–Crippen MR) is 165 cm³/mol. The van der Waals surface area contributed by atoms with Gasteiger partial charge < -0.3 is 16.0 Å². The van der Waals surface area contributed by atoms with Crippen molar-refractivity contribution in [2.24, 2.45) is 5.73 Å². The summed E-state index contributed by atoms with van der Waals surface area (Å²) in [6.45, 7) is 4.19. The van der Waals surface area contributed by atoms with Crippen molar-refractivity contribution < 1.29 is 0 Å². The number of pyridine rings is 2. The van der Waals surface area contributed by atoms with Crippen LogP contribution < -0.4 is 11.1 Å². The highest BCUT2D eigenvalue weighted by Gasteiger charge is 2.22. The molecule has 0 saturated heterocycles. The molecule has 1 aliphatic rings. The van der Waals surface area contributed by atoms with Crippen LogP contribution in [-0.2, 0) is 12.8 Å². The third-order valence-electron chi connectivity index (χ3n) is 6.91. The molecule has 0 amide bonds. The normalized spacial score (nSPS) is 12.9. The van der Waals surface area contributed by atoms with Crippen molar-refractivity contribution in [1.29, 1.82) is 0 Å². The first-order valence-corrected chi connectivity index (χ1v) is 14.1. The Bertz CT molecular complexity index is 1940. The minimum Gasteiger partial charge on any atom is -0.402 e. The molecule has 0 fully saturated rings. The second kappa shape index (κ2) is 10.4. The molecule has 0 bridgehead atoms. The van der Waals surface area contributed by atoms with Crippen LogP contribution >= 0.6 is 11.3 Å². The fourth-order valence-corrected chi connectivity index (χ4v) is 5.75. The van der Waals surface area contributed by atoms with Crippen molar-refractivity contribution in [3.05, 3.63) is 130 Å². The number of allylic oxidation sites excluding steroid dienone is 4. The van der Waals surface area contributed by atoms with E-state index in [4.69, 9.17) is 15.7 Å². The van der Waals surface area contributed by atoms with Crippen LogP contribution in [0.5, 0.6) is 0 Å². The Morgan fingerprint density at radius 2 is 1.90 bits per heavy atom. The maximum Gasteiger partial charge on any atom is 0.161 e.